The Morgan fingerprint density at radius 3 is 3.00 bits per heavy atom. The van der Waals surface area contributed by atoms with E-state index in [2.05, 4.69) is 10.3 Å². The van der Waals surface area contributed by atoms with E-state index in [-0.39, 0.29) is 5.76 Å². The molecule has 0 saturated carbocycles. The maximum absolute atomic E-state index is 11.0. The molecule has 0 fully saturated rings. The van der Waals surface area contributed by atoms with Crippen molar-refractivity contribution in [2.45, 2.75) is 13.0 Å². The van der Waals surface area contributed by atoms with Crippen molar-refractivity contribution in [2.75, 3.05) is 13.2 Å². The molecule has 0 bridgehead atoms. The van der Waals surface area contributed by atoms with E-state index < -0.39 is 5.97 Å². The Hall–Kier alpha value is -2.86. The fourth-order valence-corrected chi connectivity index (χ4v) is 2.38. The van der Waals surface area contributed by atoms with Crippen LogP contribution < -0.4 is 10.1 Å². The minimum Gasteiger partial charge on any atom is -0.493 e. The average molecular weight is 326 g/mol. The normalized spacial score (nSPS) is 10.8. The molecule has 0 radical (unpaired) electrons. The number of hydrogen-bond donors (Lipinski definition) is 2. The second-order valence-corrected chi connectivity index (χ2v) is 5.32. The SMILES string of the molecule is O=C(O)c1cc2c(OCCCNCc3cccnc3)cccc2o1. The molecule has 0 amide bonds. The van der Waals surface area contributed by atoms with Gasteiger partial charge in [0.25, 0.3) is 0 Å². The van der Waals surface area contributed by atoms with Crippen LogP contribution >= 0.6 is 0 Å². The Balaban J connectivity index is 1.48. The molecule has 124 valence electrons. The Kier molecular flexibility index (Phi) is 5.08. The standard InChI is InChI=1S/C18H18N2O4/c21-18(22)17-10-14-15(5-1-6-16(14)24-17)23-9-3-8-20-12-13-4-2-7-19-11-13/h1-2,4-7,10-11,20H,3,8-9,12H2,(H,21,22). The molecule has 0 aliphatic rings. The zero-order chi connectivity index (χ0) is 16.8. The summed E-state index contributed by atoms with van der Waals surface area (Å²) < 4.78 is 11.0. The number of fused-ring (bicyclic) bond motifs is 1. The number of carbonyl (C=O) groups is 1. The van der Waals surface area contributed by atoms with Crippen LogP contribution in [0.15, 0.2) is 53.2 Å². The van der Waals surface area contributed by atoms with Crippen molar-refractivity contribution >= 4 is 16.9 Å². The van der Waals surface area contributed by atoms with E-state index in [0.717, 1.165) is 25.1 Å². The molecule has 0 spiro atoms. The molecular formula is C18H18N2O4. The number of pyridine rings is 1. The van der Waals surface area contributed by atoms with Gasteiger partial charge in [0.1, 0.15) is 11.3 Å². The molecule has 1 aromatic carbocycles. The van der Waals surface area contributed by atoms with Crippen molar-refractivity contribution in [3.63, 3.8) is 0 Å². The van der Waals surface area contributed by atoms with Gasteiger partial charge in [-0.2, -0.15) is 0 Å². The van der Waals surface area contributed by atoms with Crippen LogP contribution in [-0.4, -0.2) is 29.2 Å². The third-order valence-corrected chi connectivity index (χ3v) is 3.54. The maximum atomic E-state index is 11.0. The van der Waals surface area contributed by atoms with Gasteiger partial charge in [-0.25, -0.2) is 4.79 Å². The van der Waals surface area contributed by atoms with E-state index >= 15 is 0 Å². The number of carboxylic acids is 1. The Bertz CT molecular complexity index is 814. The monoisotopic (exact) mass is 326 g/mol. The van der Waals surface area contributed by atoms with E-state index in [0.29, 0.717) is 23.3 Å². The first-order chi connectivity index (χ1) is 11.7. The number of nitrogens with zero attached hydrogens (tertiary/aromatic N) is 1. The highest BCUT2D eigenvalue weighted by Gasteiger charge is 2.13. The summed E-state index contributed by atoms with van der Waals surface area (Å²) in [6.07, 6.45) is 4.42. The van der Waals surface area contributed by atoms with Gasteiger partial charge in [0.15, 0.2) is 0 Å². The van der Waals surface area contributed by atoms with E-state index in [1.807, 2.05) is 24.4 Å². The Morgan fingerprint density at radius 2 is 2.21 bits per heavy atom. The van der Waals surface area contributed by atoms with Crippen LogP contribution in [0.2, 0.25) is 0 Å². The number of hydrogen-bond acceptors (Lipinski definition) is 5. The van der Waals surface area contributed by atoms with Crippen molar-refractivity contribution < 1.29 is 19.1 Å². The molecule has 2 heterocycles. The fraction of sp³-hybridized carbons (Fsp3) is 0.222. The lowest BCUT2D eigenvalue weighted by Gasteiger charge is -2.08. The minimum atomic E-state index is -1.09. The second-order valence-electron chi connectivity index (χ2n) is 5.32. The third kappa shape index (κ3) is 3.91. The van der Waals surface area contributed by atoms with Crippen molar-refractivity contribution in [1.82, 2.24) is 10.3 Å². The smallest absolute Gasteiger partial charge is 0.371 e. The van der Waals surface area contributed by atoms with Gasteiger partial charge in [-0.1, -0.05) is 12.1 Å². The van der Waals surface area contributed by atoms with Gasteiger partial charge >= 0.3 is 5.97 Å². The highest BCUT2D eigenvalue weighted by atomic mass is 16.5. The fourth-order valence-electron chi connectivity index (χ4n) is 2.38. The lowest BCUT2D eigenvalue weighted by Crippen LogP contribution is -2.17. The van der Waals surface area contributed by atoms with Gasteiger partial charge in [0, 0.05) is 25.0 Å². The molecule has 6 nitrogen and oxygen atoms in total. The summed E-state index contributed by atoms with van der Waals surface area (Å²) >= 11 is 0. The number of ether oxygens (including phenoxy) is 1. The second kappa shape index (κ2) is 7.61. The largest absolute Gasteiger partial charge is 0.493 e. The first-order valence-electron chi connectivity index (χ1n) is 7.72. The molecular weight excluding hydrogens is 308 g/mol. The molecule has 6 heteroatoms. The predicted octanol–water partition coefficient (Wildman–Crippen LogP) is 3.08. The minimum absolute atomic E-state index is 0.0841. The summed E-state index contributed by atoms with van der Waals surface area (Å²) in [6, 6.07) is 10.8. The highest BCUT2D eigenvalue weighted by Crippen LogP contribution is 2.28. The van der Waals surface area contributed by atoms with Crippen molar-refractivity contribution in [3.05, 3.63) is 60.1 Å². The van der Waals surface area contributed by atoms with Gasteiger partial charge < -0.3 is 19.6 Å². The summed E-state index contributed by atoms with van der Waals surface area (Å²) in [4.78, 5) is 15.1. The molecule has 2 aromatic heterocycles. The van der Waals surface area contributed by atoms with E-state index in [1.54, 1.807) is 18.3 Å². The highest BCUT2D eigenvalue weighted by molar-refractivity contribution is 5.93. The van der Waals surface area contributed by atoms with E-state index in [1.165, 1.54) is 6.07 Å². The van der Waals surface area contributed by atoms with Crippen LogP contribution in [0.1, 0.15) is 22.5 Å². The van der Waals surface area contributed by atoms with E-state index in [4.69, 9.17) is 14.3 Å². The molecule has 0 aliphatic carbocycles. The van der Waals surface area contributed by atoms with Gasteiger partial charge in [-0.15, -0.1) is 0 Å². The first kappa shape index (κ1) is 16.0. The summed E-state index contributed by atoms with van der Waals surface area (Å²) in [5.41, 5.74) is 1.65. The predicted molar refractivity (Wildman–Crippen MR) is 89.2 cm³/mol. The van der Waals surface area contributed by atoms with Crippen LogP contribution in [0.4, 0.5) is 0 Å². The quantitative estimate of drug-likeness (QED) is 0.619. The van der Waals surface area contributed by atoms with Crippen LogP contribution in [0, 0.1) is 0 Å². The number of aromatic nitrogens is 1. The van der Waals surface area contributed by atoms with Gasteiger partial charge in [0.05, 0.1) is 12.0 Å². The molecule has 3 aromatic rings. The Morgan fingerprint density at radius 1 is 1.29 bits per heavy atom. The lowest BCUT2D eigenvalue weighted by molar-refractivity contribution is 0.0665. The summed E-state index contributed by atoms with van der Waals surface area (Å²) in [5.74, 6) is -0.535. The van der Waals surface area contributed by atoms with Crippen molar-refractivity contribution in [3.8, 4) is 5.75 Å². The van der Waals surface area contributed by atoms with Gasteiger partial charge in [-0.05, 0) is 36.7 Å². The average Bonchev–Trinajstić information content (AvgIpc) is 3.04. The lowest BCUT2D eigenvalue weighted by atomic mass is 10.2. The van der Waals surface area contributed by atoms with Crippen molar-refractivity contribution in [2.24, 2.45) is 0 Å². The van der Waals surface area contributed by atoms with Crippen LogP contribution in [-0.2, 0) is 6.54 Å². The molecule has 0 atom stereocenters. The summed E-state index contributed by atoms with van der Waals surface area (Å²) in [5, 5.41) is 13.0. The Labute approximate surface area is 139 Å². The number of furan rings is 1. The summed E-state index contributed by atoms with van der Waals surface area (Å²) in [6.45, 7) is 2.12. The first-order valence-corrected chi connectivity index (χ1v) is 7.72. The molecule has 0 unspecified atom stereocenters. The topological polar surface area (TPSA) is 84.6 Å². The zero-order valence-corrected chi connectivity index (χ0v) is 13.1. The van der Waals surface area contributed by atoms with Gasteiger partial charge in [0.2, 0.25) is 5.76 Å². The van der Waals surface area contributed by atoms with Gasteiger partial charge in [-0.3, -0.25) is 4.98 Å². The number of aromatic carboxylic acids is 1. The molecule has 3 rings (SSSR count). The van der Waals surface area contributed by atoms with Crippen molar-refractivity contribution in [1.29, 1.82) is 0 Å². The number of rotatable bonds is 8. The number of nitrogens with one attached hydrogen (secondary N) is 1. The molecule has 24 heavy (non-hydrogen) atoms. The molecule has 0 saturated heterocycles. The molecule has 2 N–H and O–H groups in total. The maximum Gasteiger partial charge on any atom is 0.371 e. The zero-order valence-electron chi connectivity index (χ0n) is 13.1. The van der Waals surface area contributed by atoms with E-state index in [9.17, 15) is 4.79 Å². The number of carboxylic acid groups (broad SMARTS) is 1. The van der Waals surface area contributed by atoms with Crippen LogP contribution in [0.5, 0.6) is 5.75 Å². The molecule has 0 aliphatic heterocycles. The summed E-state index contributed by atoms with van der Waals surface area (Å²) in [7, 11) is 0. The third-order valence-electron chi connectivity index (χ3n) is 3.54. The van der Waals surface area contributed by atoms with Crippen LogP contribution in [0.3, 0.4) is 0 Å². The van der Waals surface area contributed by atoms with Crippen LogP contribution in [0.25, 0.3) is 11.0 Å². The number of benzene rings is 1.